The van der Waals surface area contributed by atoms with Gasteiger partial charge in [0.15, 0.2) is 0 Å². The normalized spacial score (nSPS) is 10.0. The van der Waals surface area contributed by atoms with E-state index in [-0.39, 0.29) is 6.61 Å². The van der Waals surface area contributed by atoms with E-state index in [4.69, 9.17) is 10.3 Å². The average Bonchev–Trinajstić information content (AvgIpc) is 1.89. The Balaban J connectivity index is 2.60. The lowest BCUT2D eigenvalue weighted by molar-refractivity contribution is 0.165. The van der Waals surface area contributed by atoms with Crippen LogP contribution in [-0.2, 0) is 0 Å². The summed E-state index contributed by atoms with van der Waals surface area (Å²) < 4.78 is 0. The minimum Gasteiger partial charge on any atom is -0.395 e. The Morgan fingerprint density at radius 2 is 1.89 bits per heavy atom. The summed E-state index contributed by atoms with van der Waals surface area (Å²) in [7, 11) is 0. The lowest BCUT2D eigenvalue weighted by Gasteiger charge is -1.99. The molecule has 0 aliphatic rings. The Bertz CT molecular complexity index is 46.2. The number of hydrogen-bond donors (Lipinski definition) is 4. The average molecular weight is 134 g/mol. The predicted octanol–water partition coefficient (Wildman–Crippen LogP) is -1.06. The number of rotatable bonds is 6. The molecule has 56 valence electrons. The van der Waals surface area contributed by atoms with Crippen molar-refractivity contribution in [2.75, 3.05) is 26.2 Å². The second-order valence-electron chi connectivity index (χ2n) is 1.74. The van der Waals surface area contributed by atoms with E-state index in [1.54, 1.807) is 0 Å². The molecular formula is C5H14N2O2. The number of nitrogens with one attached hydrogen (secondary N) is 2. The SMILES string of the molecule is OCCNCCCNO. The van der Waals surface area contributed by atoms with Crippen molar-refractivity contribution < 1.29 is 10.3 Å². The maximum Gasteiger partial charge on any atom is 0.0555 e. The van der Waals surface area contributed by atoms with E-state index in [1.807, 2.05) is 5.48 Å². The van der Waals surface area contributed by atoms with Crippen molar-refractivity contribution in [3.63, 3.8) is 0 Å². The number of aliphatic hydroxyl groups is 1. The Hall–Kier alpha value is -0.160. The summed E-state index contributed by atoms with van der Waals surface area (Å²) in [5.41, 5.74) is 2.04. The van der Waals surface area contributed by atoms with Gasteiger partial charge in [-0.2, -0.15) is 0 Å². The molecule has 0 heterocycles. The fourth-order valence-corrected chi connectivity index (χ4v) is 0.497. The molecular weight excluding hydrogens is 120 g/mol. The topological polar surface area (TPSA) is 64.5 Å². The molecule has 0 unspecified atom stereocenters. The minimum atomic E-state index is 0.173. The third-order valence-electron chi connectivity index (χ3n) is 0.931. The molecule has 0 aliphatic carbocycles. The lowest BCUT2D eigenvalue weighted by atomic mass is 10.4. The van der Waals surface area contributed by atoms with Crippen LogP contribution in [0.15, 0.2) is 0 Å². The maximum absolute atomic E-state index is 8.30. The van der Waals surface area contributed by atoms with E-state index in [2.05, 4.69) is 5.32 Å². The summed E-state index contributed by atoms with van der Waals surface area (Å²) in [6.07, 6.45) is 0.872. The van der Waals surface area contributed by atoms with Crippen molar-refractivity contribution in [1.82, 2.24) is 10.8 Å². The van der Waals surface area contributed by atoms with Gasteiger partial charge in [0.1, 0.15) is 0 Å². The zero-order valence-corrected chi connectivity index (χ0v) is 5.43. The van der Waals surface area contributed by atoms with Gasteiger partial charge >= 0.3 is 0 Å². The highest BCUT2D eigenvalue weighted by Gasteiger charge is 1.83. The molecule has 0 bridgehead atoms. The van der Waals surface area contributed by atoms with E-state index >= 15 is 0 Å². The van der Waals surface area contributed by atoms with Gasteiger partial charge in [-0.15, -0.1) is 0 Å². The van der Waals surface area contributed by atoms with Crippen LogP contribution in [0.25, 0.3) is 0 Å². The first-order valence-corrected chi connectivity index (χ1v) is 3.10. The molecule has 0 saturated carbocycles. The molecule has 0 fully saturated rings. The van der Waals surface area contributed by atoms with Crippen molar-refractivity contribution >= 4 is 0 Å². The predicted molar refractivity (Wildman–Crippen MR) is 34.4 cm³/mol. The van der Waals surface area contributed by atoms with E-state index in [0.717, 1.165) is 13.0 Å². The van der Waals surface area contributed by atoms with Crippen LogP contribution in [0.4, 0.5) is 0 Å². The van der Waals surface area contributed by atoms with E-state index < -0.39 is 0 Å². The molecule has 4 heteroatoms. The summed E-state index contributed by atoms with van der Waals surface area (Å²) in [5.74, 6) is 0. The molecule has 0 saturated heterocycles. The second kappa shape index (κ2) is 7.84. The molecule has 0 radical (unpaired) electrons. The van der Waals surface area contributed by atoms with Crippen LogP contribution >= 0.6 is 0 Å². The van der Waals surface area contributed by atoms with Crippen molar-refractivity contribution in [3.8, 4) is 0 Å². The summed E-state index contributed by atoms with van der Waals surface area (Å²) in [6.45, 7) is 2.23. The largest absolute Gasteiger partial charge is 0.395 e. The number of aliphatic hydroxyl groups excluding tert-OH is 1. The van der Waals surface area contributed by atoms with Crippen molar-refractivity contribution in [2.24, 2.45) is 0 Å². The Kier molecular flexibility index (Phi) is 7.70. The van der Waals surface area contributed by atoms with E-state index in [1.165, 1.54) is 0 Å². The zero-order chi connectivity index (χ0) is 6.95. The summed E-state index contributed by atoms with van der Waals surface area (Å²) in [4.78, 5) is 0. The Morgan fingerprint density at radius 3 is 2.44 bits per heavy atom. The molecule has 4 N–H and O–H groups in total. The molecule has 0 aromatic rings. The highest BCUT2D eigenvalue weighted by molar-refractivity contribution is 4.45. The molecule has 0 atom stereocenters. The monoisotopic (exact) mass is 134 g/mol. The maximum atomic E-state index is 8.30. The quantitative estimate of drug-likeness (QED) is 0.276. The molecule has 0 aliphatic heterocycles. The molecule has 0 rings (SSSR count). The third kappa shape index (κ3) is 7.84. The standard InChI is InChI=1S/C5H14N2O2/c8-5-4-6-2-1-3-7-9/h6-9H,1-5H2. The highest BCUT2D eigenvalue weighted by Crippen LogP contribution is 1.69. The minimum absolute atomic E-state index is 0.173. The molecule has 0 amide bonds. The van der Waals surface area contributed by atoms with Gasteiger partial charge in [0, 0.05) is 13.1 Å². The number of hydroxylamine groups is 1. The molecule has 4 nitrogen and oxygen atoms in total. The summed E-state index contributed by atoms with van der Waals surface area (Å²) in [5, 5.41) is 19.4. The summed E-state index contributed by atoms with van der Waals surface area (Å²) in [6, 6.07) is 0. The first-order chi connectivity index (χ1) is 4.41. The van der Waals surface area contributed by atoms with Crippen molar-refractivity contribution in [1.29, 1.82) is 0 Å². The Labute approximate surface area is 54.8 Å². The van der Waals surface area contributed by atoms with Crippen LogP contribution in [0, 0.1) is 0 Å². The van der Waals surface area contributed by atoms with Crippen LogP contribution in [0.5, 0.6) is 0 Å². The van der Waals surface area contributed by atoms with Gasteiger partial charge < -0.3 is 15.6 Å². The molecule has 9 heavy (non-hydrogen) atoms. The van der Waals surface area contributed by atoms with Crippen LogP contribution in [-0.4, -0.2) is 36.6 Å². The van der Waals surface area contributed by atoms with Gasteiger partial charge in [0.25, 0.3) is 0 Å². The lowest BCUT2D eigenvalue weighted by Crippen LogP contribution is -2.22. The third-order valence-corrected chi connectivity index (χ3v) is 0.931. The summed E-state index contributed by atoms with van der Waals surface area (Å²) >= 11 is 0. The van der Waals surface area contributed by atoms with E-state index in [9.17, 15) is 0 Å². The smallest absolute Gasteiger partial charge is 0.0555 e. The zero-order valence-electron chi connectivity index (χ0n) is 5.43. The molecule has 0 aromatic carbocycles. The fourth-order valence-electron chi connectivity index (χ4n) is 0.497. The van der Waals surface area contributed by atoms with Gasteiger partial charge in [-0.3, -0.25) is 0 Å². The fraction of sp³-hybridized carbons (Fsp3) is 1.00. The van der Waals surface area contributed by atoms with Crippen LogP contribution in [0.1, 0.15) is 6.42 Å². The van der Waals surface area contributed by atoms with Gasteiger partial charge in [-0.05, 0) is 13.0 Å². The molecule has 0 spiro atoms. The van der Waals surface area contributed by atoms with Crippen molar-refractivity contribution in [3.05, 3.63) is 0 Å². The van der Waals surface area contributed by atoms with E-state index in [0.29, 0.717) is 13.1 Å². The van der Waals surface area contributed by atoms with Gasteiger partial charge in [0.05, 0.1) is 6.61 Å². The van der Waals surface area contributed by atoms with Crippen LogP contribution < -0.4 is 10.8 Å². The molecule has 0 aromatic heterocycles. The second-order valence-corrected chi connectivity index (χ2v) is 1.74. The van der Waals surface area contributed by atoms with Gasteiger partial charge in [0.2, 0.25) is 0 Å². The number of hydrogen-bond acceptors (Lipinski definition) is 4. The first kappa shape index (κ1) is 8.84. The van der Waals surface area contributed by atoms with Crippen LogP contribution in [0.3, 0.4) is 0 Å². The highest BCUT2D eigenvalue weighted by atomic mass is 16.5. The first-order valence-electron chi connectivity index (χ1n) is 3.10. The van der Waals surface area contributed by atoms with Gasteiger partial charge in [-0.1, -0.05) is 0 Å². The van der Waals surface area contributed by atoms with Gasteiger partial charge in [-0.25, -0.2) is 5.48 Å². The van der Waals surface area contributed by atoms with Crippen molar-refractivity contribution in [2.45, 2.75) is 6.42 Å². The Morgan fingerprint density at radius 1 is 1.11 bits per heavy atom. The van der Waals surface area contributed by atoms with Crippen LogP contribution in [0.2, 0.25) is 0 Å².